The van der Waals surface area contributed by atoms with E-state index in [0.717, 1.165) is 17.5 Å². The van der Waals surface area contributed by atoms with Crippen molar-refractivity contribution in [2.24, 2.45) is 7.05 Å². The monoisotopic (exact) mass is 352 g/mol. The zero-order valence-corrected chi connectivity index (χ0v) is 14.1. The minimum absolute atomic E-state index is 0.212. The van der Waals surface area contributed by atoms with Crippen molar-refractivity contribution >= 4 is 5.91 Å². The molecule has 1 fully saturated rings. The summed E-state index contributed by atoms with van der Waals surface area (Å²) in [5, 5.41) is 8.01. The quantitative estimate of drug-likeness (QED) is 0.697. The van der Waals surface area contributed by atoms with Crippen molar-refractivity contribution in [2.45, 2.75) is 18.9 Å². The summed E-state index contributed by atoms with van der Waals surface area (Å²) in [6.07, 6.45) is 3.20. The Hall–Kier alpha value is -3.36. The predicted molar refractivity (Wildman–Crippen MR) is 90.0 cm³/mol. The molecule has 132 valence electrons. The highest BCUT2D eigenvalue weighted by atomic mass is 16.5. The van der Waals surface area contributed by atoms with Gasteiger partial charge < -0.3 is 9.42 Å². The third-order valence-corrected chi connectivity index (χ3v) is 4.31. The molecule has 3 aromatic rings. The van der Waals surface area contributed by atoms with Gasteiger partial charge in [0.05, 0.1) is 0 Å². The second-order valence-electron chi connectivity index (χ2n) is 6.01. The lowest BCUT2D eigenvalue weighted by Crippen LogP contribution is -2.33. The third-order valence-electron chi connectivity index (χ3n) is 4.31. The molecule has 1 amide bonds. The lowest BCUT2D eigenvalue weighted by molar-refractivity contribution is 0.0701. The van der Waals surface area contributed by atoms with Gasteiger partial charge in [0, 0.05) is 25.9 Å². The fourth-order valence-corrected chi connectivity index (χ4v) is 3.00. The Morgan fingerprint density at radius 1 is 1.27 bits per heavy atom. The first-order valence-corrected chi connectivity index (χ1v) is 8.24. The molecule has 0 spiro atoms. The molecule has 0 bridgehead atoms. The predicted octanol–water partition coefficient (Wildman–Crippen LogP) is 1.20. The van der Waals surface area contributed by atoms with Crippen LogP contribution in [0.15, 0.2) is 45.8 Å². The van der Waals surface area contributed by atoms with E-state index in [1.165, 1.54) is 19.2 Å². The summed E-state index contributed by atoms with van der Waals surface area (Å²) >= 11 is 0. The van der Waals surface area contributed by atoms with E-state index >= 15 is 0 Å². The van der Waals surface area contributed by atoms with Crippen LogP contribution in [-0.2, 0) is 7.05 Å². The molecule has 3 aromatic heterocycles. The molecule has 0 N–H and O–H groups in total. The van der Waals surface area contributed by atoms with Gasteiger partial charge in [0.15, 0.2) is 0 Å². The molecule has 1 atom stereocenters. The number of likely N-dealkylation sites (tertiary alicyclic amines) is 1. The number of hydrogen-bond acceptors (Lipinski definition) is 7. The minimum atomic E-state index is -0.313. The van der Waals surface area contributed by atoms with Gasteiger partial charge in [0.25, 0.3) is 11.5 Å². The number of rotatable bonds is 3. The van der Waals surface area contributed by atoms with Gasteiger partial charge in [-0.3, -0.25) is 14.6 Å². The summed E-state index contributed by atoms with van der Waals surface area (Å²) in [6.45, 7) is 0.565. The second kappa shape index (κ2) is 6.51. The summed E-state index contributed by atoms with van der Waals surface area (Å²) in [6, 6.07) is 7.90. The topological polar surface area (TPSA) is 107 Å². The van der Waals surface area contributed by atoms with Crippen LogP contribution in [-0.4, -0.2) is 42.3 Å². The van der Waals surface area contributed by atoms with Gasteiger partial charge in [-0.05, 0) is 31.0 Å². The minimum Gasteiger partial charge on any atom is -0.337 e. The molecule has 26 heavy (non-hydrogen) atoms. The molecule has 0 aliphatic carbocycles. The summed E-state index contributed by atoms with van der Waals surface area (Å²) < 4.78 is 6.53. The van der Waals surface area contributed by atoms with Crippen LogP contribution in [0.4, 0.5) is 0 Å². The number of carbonyl (C=O) groups excluding carboxylic acids is 1. The van der Waals surface area contributed by atoms with Gasteiger partial charge >= 0.3 is 0 Å². The molecule has 0 saturated carbocycles. The highest BCUT2D eigenvalue weighted by Gasteiger charge is 2.35. The van der Waals surface area contributed by atoms with Gasteiger partial charge in [0.2, 0.25) is 11.7 Å². The average Bonchev–Trinajstić information content (AvgIpc) is 3.33. The molecule has 1 aliphatic heterocycles. The molecule has 4 heterocycles. The van der Waals surface area contributed by atoms with E-state index in [-0.39, 0.29) is 23.2 Å². The number of aromatic nitrogens is 5. The van der Waals surface area contributed by atoms with Crippen LogP contribution in [0.2, 0.25) is 0 Å². The van der Waals surface area contributed by atoms with E-state index < -0.39 is 0 Å². The van der Waals surface area contributed by atoms with Crippen LogP contribution >= 0.6 is 0 Å². The molecule has 1 saturated heterocycles. The number of nitrogens with zero attached hydrogens (tertiary/aromatic N) is 6. The van der Waals surface area contributed by atoms with Crippen LogP contribution in [0.25, 0.3) is 11.5 Å². The Morgan fingerprint density at radius 2 is 2.15 bits per heavy atom. The SMILES string of the molecule is Cn1nc(C(=O)N2CCCC2c2nc(-c3ccccn3)no2)ccc1=O. The Morgan fingerprint density at radius 3 is 2.92 bits per heavy atom. The summed E-state index contributed by atoms with van der Waals surface area (Å²) in [7, 11) is 1.51. The maximum absolute atomic E-state index is 12.8. The average molecular weight is 352 g/mol. The maximum atomic E-state index is 12.8. The van der Waals surface area contributed by atoms with Crippen LogP contribution in [0.5, 0.6) is 0 Å². The first kappa shape index (κ1) is 16.1. The van der Waals surface area contributed by atoms with Crippen LogP contribution in [0, 0.1) is 0 Å². The lowest BCUT2D eigenvalue weighted by Gasteiger charge is -2.21. The number of pyridine rings is 1. The highest BCUT2D eigenvalue weighted by molar-refractivity contribution is 5.92. The zero-order chi connectivity index (χ0) is 18.1. The van der Waals surface area contributed by atoms with E-state index in [1.54, 1.807) is 17.2 Å². The Bertz CT molecular complexity index is 997. The number of carbonyl (C=O) groups is 1. The molecule has 0 radical (unpaired) electrons. The van der Waals surface area contributed by atoms with E-state index in [0.29, 0.717) is 24.0 Å². The number of amides is 1. The maximum Gasteiger partial charge on any atom is 0.274 e. The fourth-order valence-electron chi connectivity index (χ4n) is 3.00. The second-order valence-corrected chi connectivity index (χ2v) is 6.01. The standard InChI is InChI=1S/C17H16N6O3/c1-22-14(24)8-7-12(20-22)17(25)23-10-4-6-13(23)16-19-15(21-26-16)11-5-2-3-9-18-11/h2-3,5,7-9,13H,4,6,10H2,1H3. The van der Waals surface area contributed by atoms with Gasteiger partial charge in [-0.1, -0.05) is 11.2 Å². The van der Waals surface area contributed by atoms with Gasteiger partial charge in [-0.2, -0.15) is 10.1 Å². The van der Waals surface area contributed by atoms with Crippen molar-refractivity contribution in [3.63, 3.8) is 0 Å². The molecular formula is C17H16N6O3. The molecular weight excluding hydrogens is 336 g/mol. The number of aryl methyl sites for hydroxylation is 1. The summed E-state index contributed by atoms with van der Waals surface area (Å²) in [5.74, 6) is 0.502. The van der Waals surface area contributed by atoms with Crippen molar-refractivity contribution in [3.05, 3.63) is 58.5 Å². The zero-order valence-electron chi connectivity index (χ0n) is 14.1. The first-order chi connectivity index (χ1) is 12.6. The van der Waals surface area contributed by atoms with Crippen molar-refractivity contribution in [2.75, 3.05) is 6.54 Å². The third kappa shape index (κ3) is 2.87. The molecule has 0 aromatic carbocycles. The highest BCUT2D eigenvalue weighted by Crippen LogP contribution is 2.32. The fraction of sp³-hybridized carbons (Fsp3) is 0.294. The van der Waals surface area contributed by atoms with E-state index in [9.17, 15) is 9.59 Å². The molecule has 9 heteroatoms. The summed E-state index contributed by atoms with van der Waals surface area (Å²) in [5.41, 5.74) is 0.554. The smallest absolute Gasteiger partial charge is 0.274 e. The molecule has 1 unspecified atom stereocenters. The van der Waals surface area contributed by atoms with Gasteiger partial charge in [-0.25, -0.2) is 4.68 Å². The van der Waals surface area contributed by atoms with Crippen LogP contribution < -0.4 is 5.56 Å². The van der Waals surface area contributed by atoms with Crippen molar-refractivity contribution in [3.8, 4) is 11.5 Å². The first-order valence-electron chi connectivity index (χ1n) is 8.24. The summed E-state index contributed by atoms with van der Waals surface area (Å²) in [4.78, 5) is 34.6. The number of hydrogen-bond donors (Lipinski definition) is 0. The van der Waals surface area contributed by atoms with Crippen LogP contribution in [0.3, 0.4) is 0 Å². The Balaban J connectivity index is 1.60. The van der Waals surface area contributed by atoms with Crippen molar-refractivity contribution in [1.82, 2.24) is 29.8 Å². The molecule has 9 nitrogen and oxygen atoms in total. The van der Waals surface area contributed by atoms with Crippen molar-refractivity contribution in [1.29, 1.82) is 0 Å². The Kier molecular flexibility index (Phi) is 4.04. The van der Waals surface area contributed by atoms with E-state index in [2.05, 4.69) is 20.2 Å². The Labute approximate surface area is 148 Å². The van der Waals surface area contributed by atoms with E-state index in [1.807, 2.05) is 12.1 Å². The molecule has 1 aliphatic rings. The van der Waals surface area contributed by atoms with Gasteiger partial charge in [-0.15, -0.1) is 0 Å². The van der Waals surface area contributed by atoms with Crippen molar-refractivity contribution < 1.29 is 9.32 Å². The lowest BCUT2D eigenvalue weighted by atomic mass is 10.2. The van der Waals surface area contributed by atoms with Crippen LogP contribution in [0.1, 0.15) is 35.3 Å². The van der Waals surface area contributed by atoms with E-state index in [4.69, 9.17) is 4.52 Å². The molecule has 4 rings (SSSR count). The normalized spacial score (nSPS) is 16.8. The largest absolute Gasteiger partial charge is 0.337 e. The van der Waals surface area contributed by atoms with Gasteiger partial charge in [0.1, 0.15) is 17.4 Å².